The Morgan fingerprint density at radius 2 is 1.67 bits per heavy atom. The van der Waals surface area contributed by atoms with Gasteiger partial charge < -0.3 is 19.3 Å². The molecule has 1 atom stereocenters. The first kappa shape index (κ1) is 15.2. The van der Waals surface area contributed by atoms with E-state index in [1.165, 1.54) is 30.8 Å². The zero-order chi connectivity index (χ0) is 16.5. The maximum absolute atomic E-state index is 5.59. The van der Waals surface area contributed by atoms with Crippen molar-refractivity contribution in [3.8, 4) is 11.5 Å². The molecule has 0 bridgehead atoms. The van der Waals surface area contributed by atoms with Crippen molar-refractivity contribution in [1.29, 1.82) is 0 Å². The van der Waals surface area contributed by atoms with Crippen LogP contribution in [0, 0.1) is 0 Å². The Morgan fingerprint density at radius 1 is 0.958 bits per heavy atom. The van der Waals surface area contributed by atoms with E-state index in [4.69, 9.17) is 9.47 Å². The SMILES string of the molecule is COc1cccc(OC)c1CN1CC2CCCN2c2ccccc21. The monoisotopic (exact) mass is 324 g/mol. The summed E-state index contributed by atoms with van der Waals surface area (Å²) in [7, 11) is 3.45. The predicted octanol–water partition coefficient (Wildman–Crippen LogP) is 3.69. The zero-order valence-corrected chi connectivity index (χ0v) is 14.4. The summed E-state index contributed by atoms with van der Waals surface area (Å²) < 4.78 is 11.2. The van der Waals surface area contributed by atoms with Crippen molar-refractivity contribution in [2.24, 2.45) is 0 Å². The predicted molar refractivity (Wildman–Crippen MR) is 97.4 cm³/mol. The summed E-state index contributed by atoms with van der Waals surface area (Å²) >= 11 is 0. The van der Waals surface area contributed by atoms with Crippen LogP contribution in [0.3, 0.4) is 0 Å². The van der Waals surface area contributed by atoms with Gasteiger partial charge in [-0.15, -0.1) is 0 Å². The Labute approximate surface area is 143 Å². The standard InChI is InChI=1S/C20H24N2O2/c1-23-19-10-5-11-20(24-2)16(19)14-21-13-15-7-6-12-22(15)18-9-4-3-8-17(18)21/h3-5,8-11,15H,6-7,12-14H2,1-2H3. The molecule has 2 aromatic rings. The smallest absolute Gasteiger partial charge is 0.127 e. The Hall–Kier alpha value is -2.36. The molecule has 2 aliphatic heterocycles. The van der Waals surface area contributed by atoms with Gasteiger partial charge in [0.05, 0.1) is 37.7 Å². The number of methoxy groups -OCH3 is 2. The molecule has 0 radical (unpaired) electrons. The second kappa shape index (κ2) is 6.27. The number of hydrogen-bond donors (Lipinski definition) is 0. The zero-order valence-electron chi connectivity index (χ0n) is 14.4. The second-order valence-electron chi connectivity index (χ2n) is 6.50. The van der Waals surface area contributed by atoms with Crippen molar-refractivity contribution in [1.82, 2.24) is 0 Å². The van der Waals surface area contributed by atoms with Crippen molar-refractivity contribution >= 4 is 11.4 Å². The molecule has 0 N–H and O–H groups in total. The van der Waals surface area contributed by atoms with E-state index < -0.39 is 0 Å². The van der Waals surface area contributed by atoms with E-state index in [2.05, 4.69) is 34.1 Å². The normalized spacial score (nSPS) is 19.0. The average molecular weight is 324 g/mol. The average Bonchev–Trinajstić information content (AvgIpc) is 3.10. The summed E-state index contributed by atoms with van der Waals surface area (Å²) in [6.45, 7) is 3.03. The highest BCUT2D eigenvalue weighted by Gasteiger charge is 2.34. The van der Waals surface area contributed by atoms with E-state index in [0.29, 0.717) is 6.04 Å². The van der Waals surface area contributed by atoms with E-state index in [9.17, 15) is 0 Å². The number of para-hydroxylation sites is 2. The summed E-state index contributed by atoms with van der Waals surface area (Å²) in [6.07, 6.45) is 2.55. The van der Waals surface area contributed by atoms with E-state index in [0.717, 1.165) is 30.2 Å². The molecule has 0 amide bonds. The van der Waals surface area contributed by atoms with E-state index in [1.54, 1.807) is 14.2 Å². The fraction of sp³-hybridized carbons (Fsp3) is 0.400. The van der Waals surface area contributed by atoms with E-state index in [1.807, 2.05) is 18.2 Å². The number of rotatable bonds is 4. The van der Waals surface area contributed by atoms with Crippen LogP contribution in [0.15, 0.2) is 42.5 Å². The summed E-state index contributed by atoms with van der Waals surface area (Å²) in [5.74, 6) is 1.78. The van der Waals surface area contributed by atoms with Crippen LogP contribution in [0.2, 0.25) is 0 Å². The van der Waals surface area contributed by atoms with Crippen LogP contribution < -0.4 is 19.3 Å². The summed E-state index contributed by atoms with van der Waals surface area (Å²) in [4.78, 5) is 5.05. The fourth-order valence-electron chi connectivity index (χ4n) is 4.09. The van der Waals surface area contributed by atoms with Gasteiger partial charge in [0, 0.05) is 19.1 Å². The minimum Gasteiger partial charge on any atom is -0.496 e. The van der Waals surface area contributed by atoms with Crippen molar-refractivity contribution in [3.63, 3.8) is 0 Å². The quantitative estimate of drug-likeness (QED) is 0.856. The molecule has 1 fully saturated rings. The molecule has 0 aromatic heterocycles. The van der Waals surface area contributed by atoms with Crippen LogP contribution in [0.4, 0.5) is 11.4 Å². The fourth-order valence-corrected chi connectivity index (χ4v) is 4.09. The van der Waals surface area contributed by atoms with Gasteiger partial charge in [-0.05, 0) is 37.1 Å². The van der Waals surface area contributed by atoms with Crippen molar-refractivity contribution in [2.45, 2.75) is 25.4 Å². The topological polar surface area (TPSA) is 24.9 Å². The van der Waals surface area contributed by atoms with E-state index >= 15 is 0 Å². The molecule has 1 saturated heterocycles. The number of anilines is 2. The van der Waals surface area contributed by atoms with Crippen molar-refractivity contribution in [3.05, 3.63) is 48.0 Å². The highest BCUT2D eigenvalue weighted by Crippen LogP contribution is 2.41. The van der Waals surface area contributed by atoms with Gasteiger partial charge in [0.25, 0.3) is 0 Å². The van der Waals surface area contributed by atoms with Gasteiger partial charge in [-0.2, -0.15) is 0 Å². The molecule has 2 aliphatic rings. The maximum Gasteiger partial charge on any atom is 0.127 e. The lowest BCUT2D eigenvalue weighted by Crippen LogP contribution is -2.45. The number of nitrogens with zero attached hydrogens (tertiary/aromatic N) is 2. The molecule has 0 spiro atoms. The molecule has 4 rings (SSSR count). The molecule has 126 valence electrons. The van der Waals surface area contributed by atoms with Gasteiger partial charge in [0.1, 0.15) is 11.5 Å². The summed E-state index contributed by atoms with van der Waals surface area (Å²) in [5.41, 5.74) is 3.78. The number of ether oxygens (including phenoxy) is 2. The van der Waals surface area contributed by atoms with Crippen LogP contribution in [-0.4, -0.2) is 33.4 Å². The molecule has 0 saturated carbocycles. The lowest BCUT2D eigenvalue weighted by Gasteiger charge is -2.41. The second-order valence-corrected chi connectivity index (χ2v) is 6.50. The molecule has 4 nitrogen and oxygen atoms in total. The van der Waals surface area contributed by atoms with Crippen molar-refractivity contribution in [2.75, 3.05) is 37.1 Å². The Morgan fingerprint density at radius 3 is 2.38 bits per heavy atom. The largest absolute Gasteiger partial charge is 0.496 e. The van der Waals surface area contributed by atoms with Crippen LogP contribution in [0.1, 0.15) is 18.4 Å². The Bertz CT molecular complexity index is 709. The molecule has 2 aromatic carbocycles. The van der Waals surface area contributed by atoms with Crippen molar-refractivity contribution < 1.29 is 9.47 Å². The molecule has 4 heteroatoms. The van der Waals surface area contributed by atoms with Gasteiger partial charge in [-0.1, -0.05) is 18.2 Å². The highest BCUT2D eigenvalue weighted by atomic mass is 16.5. The highest BCUT2D eigenvalue weighted by molar-refractivity contribution is 5.75. The first-order valence-electron chi connectivity index (χ1n) is 8.62. The molecule has 24 heavy (non-hydrogen) atoms. The van der Waals surface area contributed by atoms with Crippen LogP contribution in [-0.2, 0) is 6.54 Å². The number of benzene rings is 2. The summed E-state index contributed by atoms with van der Waals surface area (Å²) in [6, 6.07) is 15.4. The van der Waals surface area contributed by atoms with Crippen LogP contribution >= 0.6 is 0 Å². The molecular formula is C20H24N2O2. The van der Waals surface area contributed by atoms with Gasteiger partial charge in [-0.25, -0.2) is 0 Å². The number of hydrogen-bond acceptors (Lipinski definition) is 4. The van der Waals surface area contributed by atoms with Gasteiger partial charge in [0.2, 0.25) is 0 Å². The molecular weight excluding hydrogens is 300 g/mol. The third-order valence-corrected chi connectivity index (χ3v) is 5.22. The third-order valence-electron chi connectivity index (χ3n) is 5.22. The first-order valence-corrected chi connectivity index (χ1v) is 8.62. The molecule has 1 unspecified atom stereocenters. The van der Waals surface area contributed by atoms with Crippen LogP contribution in [0.5, 0.6) is 11.5 Å². The Kier molecular flexibility index (Phi) is 3.97. The summed E-state index contributed by atoms with van der Waals surface area (Å²) in [5, 5.41) is 0. The van der Waals surface area contributed by atoms with Gasteiger partial charge in [0.15, 0.2) is 0 Å². The van der Waals surface area contributed by atoms with Crippen LogP contribution in [0.25, 0.3) is 0 Å². The lowest BCUT2D eigenvalue weighted by atomic mass is 10.1. The Balaban J connectivity index is 1.72. The third kappa shape index (κ3) is 2.46. The maximum atomic E-state index is 5.59. The molecule has 0 aliphatic carbocycles. The van der Waals surface area contributed by atoms with Gasteiger partial charge >= 0.3 is 0 Å². The minimum absolute atomic E-state index is 0.612. The molecule has 2 heterocycles. The van der Waals surface area contributed by atoms with Gasteiger partial charge in [-0.3, -0.25) is 0 Å². The first-order chi connectivity index (χ1) is 11.8. The lowest BCUT2D eigenvalue weighted by molar-refractivity contribution is 0.384. The van der Waals surface area contributed by atoms with E-state index in [-0.39, 0.29) is 0 Å². The number of fused-ring (bicyclic) bond motifs is 3. The minimum atomic E-state index is 0.612.